The Kier molecular flexibility index (Phi) is 7.99. The van der Waals surface area contributed by atoms with E-state index in [1.165, 1.54) is 17.4 Å². The predicted molar refractivity (Wildman–Crippen MR) is 141 cm³/mol. The van der Waals surface area contributed by atoms with E-state index in [1.807, 2.05) is 12.1 Å². The number of anilines is 3. The molecule has 2 heterocycles. The number of hydrogen-bond donors (Lipinski definition) is 3. The number of rotatable bonds is 9. The largest absolute Gasteiger partial charge is 0.415 e. The van der Waals surface area contributed by atoms with Crippen LogP contribution in [0.2, 0.25) is 23.2 Å². The maximum absolute atomic E-state index is 13.4. The summed E-state index contributed by atoms with van der Waals surface area (Å²) in [5.74, 6) is -1.01. The fourth-order valence-electron chi connectivity index (χ4n) is 3.06. The number of nitrogens with two attached hydrogens (primary N) is 1. The standard InChI is InChI=1S/C24H31ClN6O3Si/c1-24(2,3)35(4,5)34-13-12-27-17-7-9-18(10-8-17)31(19-11-6-16(25)14-28-19)23(33)21-20(22(26)32)29-15-30-21/h6-11,14-15,27H,12-13H2,1-5H3,(H2,26,32)(H,29,30). The van der Waals surface area contributed by atoms with Gasteiger partial charge in [-0.3, -0.25) is 14.5 Å². The van der Waals surface area contributed by atoms with Crippen LogP contribution in [0.25, 0.3) is 0 Å². The van der Waals surface area contributed by atoms with E-state index in [9.17, 15) is 9.59 Å². The van der Waals surface area contributed by atoms with E-state index < -0.39 is 20.1 Å². The highest BCUT2D eigenvalue weighted by Gasteiger charge is 2.36. The Labute approximate surface area is 211 Å². The number of carbonyl (C=O) groups excluding carboxylic acids is 2. The van der Waals surface area contributed by atoms with E-state index >= 15 is 0 Å². The van der Waals surface area contributed by atoms with Gasteiger partial charge in [0.15, 0.2) is 14.0 Å². The first kappa shape index (κ1) is 26.4. The summed E-state index contributed by atoms with van der Waals surface area (Å²) in [7, 11) is -1.80. The number of nitrogens with one attached hydrogen (secondary N) is 2. The minimum absolute atomic E-state index is 0.0285. The molecule has 0 radical (unpaired) electrons. The fourth-order valence-corrected chi connectivity index (χ4v) is 4.21. The topological polar surface area (TPSA) is 126 Å². The van der Waals surface area contributed by atoms with E-state index in [1.54, 1.807) is 24.3 Å². The minimum Gasteiger partial charge on any atom is -0.415 e. The minimum atomic E-state index is -1.80. The zero-order valence-corrected chi connectivity index (χ0v) is 22.3. The number of amides is 2. The van der Waals surface area contributed by atoms with E-state index in [2.05, 4.69) is 54.1 Å². The predicted octanol–water partition coefficient (Wildman–Crippen LogP) is 4.97. The number of benzene rings is 1. The molecule has 35 heavy (non-hydrogen) atoms. The van der Waals surface area contributed by atoms with Gasteiger partial charge in [-0.25, -0.2) is 9.97 Å². The van der Waals surface area contributed by atoms with Crippen LogP contribution in [0.3, 0.4) is 0 Å². The van der Waals surface area contributed by atoms with Gasteiger partial charge < -0.3 is 20.5 Å². The van der Waals surface area contributed by atoms with Crippen LogP contribution in [0.1, 0.15) is 41.7 Å². The number of aromatic amines is 1. The van der Waals surface area contributed by atoms with Crippen LogP contribution in [-0.4, -0.2) is 48.2 Å². The van der Waals surface area contributed by atoms with Crippen LogP contribution in [0.15, 0.2) is 48.9 Å². The Morgan fingerprint density at radius 3 is 2.40 bits per heavy atom. The van der Waals surface area contributed by atoms with Crippen molar-refractivity contribution < 1.29 is 14.0 Å². The number of hydrogen-bond acceptors (Lipinski definition) is 6. The normalized spacial score (nSPS) is 11.8. The van der Waals surface area contributed by atoms with Crippen molar-refractivity contribution in [2.45, 2.75) is 38.9 Å². The number of aromatic nitrogens is 3. The van der Waals surface area contributed by atoms with Crippen LogP contribution in [0.5, 0.6) is 0 Å². The summed E-state index contributed by atoms with van der Waals surface area (Å²) in [5.41, 5.74) is 6.63. The maximum atomic E-state index is 13.4. The highest BCUT2D eigenvalue weighted by atomic mass is 35.5. The molecule has 2 aromatic heterocycles. The van der Waals surface area contributed by atoms with Crippen molar-refractivity contribution in [3.05, 3.63) is 65.3 Å². The lowest BCUT2D eigenvalue weighted by Crippen LogP contribution is -2.41. The molecule has 0 atom stereocenters. The van der Waals surface area contributed by atoms with E-state index in [-0.39, 0.29) is 16.4 Å². The molecule has 0 aliphatic rings. The monoisotopic (exact) mass is 514 g/mol. The quantitative estimate of drug-likeness (QED) is 0.273. The van der Waals surface area contributed by atoms with E-state index in [4.69, 9.17) is 21.8 Å². The van der Waals surface area contributed by atoms with Crippen LogP contribution < -0.4 is 16.0 Å². The van der Waals surface area contributed by atoms with Crippen molar-refractivity contribution in [3.8, 4) is 0 Å². The average Bonchev–Trinajstić information content (AvgIpc) is 3.29. The number of halogens is 1. The smallest absolute Gasteiger partial charge is 0.282 e. The summed E-state index contributed by atoms with van der Waals surface area (Å²) in [6.07, 6.45) is 2.69. The highest BCUT2D eigenvalue weighted by Crippen LogP contribution is 2.36. The molecule has 0 fully saturated rings. The second-order valence-electron chi connectivity index (χ2n) is 9.55. The summed E-state index contributed by atoms with van der Waals surface area (Å²) in [6, 6.07) is 10.5. The summed E-state index contributed by atoms with van der Waals surface area (Å²) >= 11 is 5.98. The third-order valence-electron chi connectivity index (χ3n) is 6.06. The molecule has 3 aromatic rings. The highest BCUT2D eigenvalue weighted by molar-refractivity contribution is 6.74. The fraction of sp³-hybridized carbons (Fsp3) is 0.333. The molecule has 9 nitrogen and oxygen atoms in total. The van der Waals surface area contributed by atoms with Gasteiger partial charge in [-0.2, -0.15) is 0 Å². The first-order chi connectivity index (χ1) is 16.4. The molecule has 0 bridgehead atoms. The number of nitrogens with zero attached hydrogens (tertiary/aromatic N) is 3. The molecule has 4 N–H and O–H groups in total. The number of pyridine rings is 1. The molecular formula is C24H31ClN6O3Si. The van der Waals surface area contributed by atoms with Gasteiger partial charge in [0, 0.05) is 18.4 Å². The van der Waals surface area contributed by atoms with Gasteiger partial charge in [-0.05, 0) is 54.5 Å². The van der Waals surface area contributed by atoms with Crippen molar-refractivity contribution in [2.75, 3.05) is 23.4 Å². The van der Waals surface area contributed by atoms with E-state index in [0.29, 0.717) is 29.7 Å². The second-order valence-corrected chi connectivity index (χ2v) is 14.8. The Morgan fingerprint density at radius 2 is 1.83 bits per heavy atom. The van der Waals surface area contributed by atoms with Gasteiger partial charge in [0.05, 0.1) is 23.6 Å². The third kappa shape index (κ3) is 6.27. The van der Waals surface area contributed by atoms with Gasteiger partial charge >= 0.3 is 0 Å². The first-order valence-corrected chi connectivity index (χ1v) is 14.5. The Balaban J connectivity index is 1.79. The Morgan fingerprint density at radius 1 is 1.14 bits per heavy atom. The molecule has 0 aliphatic heterocycles. The van der Waals surface area contributed by atoms with Gasteiger partial charge in [-0.15, -0.1) is 0 Å². The number of carbonyl (C=O) groups is 2. The van der Waals surface area contributed by atoms with Crippen LogP contribution in [0.4, 0.5) is 17.2 Å². The zero-order valence-electron chi connectivity index (χ0n) is 20.6. The molecule has 186 valence electrons. The van der Waals surface area contributed by atoms with E-state index in [0.717, 1.165) is 5.69 Å². The summed E-state index contributed by atoms with van der Waals surface area (Å²) in [4.78, 5) is 37.4. The summed E-state index contributed by atoms with van der Waals surface area (Å²) in [6.45, 7) is 12.3. The molecule has 0 unspecified atom stereocenters. The first-order valence-electron chi connectivity index (χ1n) is 11.2. The van der Waals surface area contributed by atoms with Crippen molar-refractivity contribution in [2.24, 2.45) is 5.73 Å². The van der Waals surface area contributed by atoms with Crippen molar-refractivity contribution in [3.63, 3.8) is 0 Å². The van der Waals surface area contributed by atoms with Crippen LogP contribution in [-0.2, 0) is 4.43 Å². The van der Waals surface area contributed by atoms with Crippen LogP contribution >= 0.6 is 11.6 Å². The summed E-state index contributed by atoms with van der Waals surface area (Å²) < 4.78 is 6.21. The second kappa shape index (κ2) is 10.6. The molecule has 2 amide bonds. The Hall–Kier alpha value is -3.21. The Bertz CT molecular complexity index is 1170. The lowest BCUT2D eigenvalue weighted by molar-refractivity contribution is 0.0961. The molecule has 1 aromatic carbocycles. The molecule has 11 heteroatoms. The van der Waals surface area contributed by atoms with Crippen molar-refractivity contribution >= 4 is 48.9 Å². The SMILES string of the molecule is CC(C)(C)[Si](C)(C)OCCNc1ccc(N(C(=O)c2[nH]cnc2C(N)=O)c2ccc(Cl)cn2)cc1. The molecule has 0 spiro atoms. The number of H-pyrrole nitrogens is 1. The third-order valence-corrected chi connectivity index (χ3v) is 10.8. The molecular weight excluding hydrogens is 484 g/mol. The molecule has 0 saturated carbocycles. The average molecular weight is 515 g/mol. The number of primary amides is 1. The van der Waals surface area contributed by atoms with Crippen LogP contribution in [0, 0.1) is 0 Å². The van der Waals surface area contributed by atoms with Gasteiger partial charge in [0.2, 0.25) is 0 Å². The van der Waals surface area contributed by atoms with Gasteiger partial charge in [0.1, 0.15) is 11.5 Å². The maximum Gasteiger partial charge on any atom is 0.282 e. The summed E-state index contributed by atoms with van der Waals surface area (Å²) in [5, 5.41) is 3.93. The molecule has 0 aliphatic carbocycles. The number of imidazole rings is 1. The lowest BCUT2D eigenvalue weighted by Gasteiger charge is -2.36. The molecule has 0 saturated heterocycles. The van der Waals surface area contributed by atoms with Gasteiger partial charge in [0.25, 0.3) is 11.8 Å². The van der Waals surface area contributed by atoms with Gasteiger partial charge in [-0.1, -0.05) is 32.4 Å². The van der Waals surface area contributed by atoms with Crippen molar-refractivity contribution in [1.29, 1.82) is 0 Å². The molecule has 3 rings (SSSR count). The zero-order chi connectivity index (χ0) is 25.8. The lowest BCUT2D eigenvalue weighted by atomic mass is 10.2. The van der Waals surface area contributed by atoms with Crippen molar-refractivity contribution in [1.82, 2.24) is 15.0 Å².